The number of aliphatic hydroxyl groups excluding tert-OH is 2. The number of Topliss-reactive ketones (excluding diaryl/α,β-unsaturated/α-hetero) is 2. The maximum Gasteiger partial charge on any atom is 0.255 e. The molecule has 3 aliphatic carbocycles. The first kappa shape index (κ1) is 23.8. The van der Waals surface area contributed by atoms with Gasteiger partial charge in [0.2, 0.25) is 5.78 Å². The van der Waals surface area contributed by atoms with Crippen molar-refractivity contribution in [3.63, 3.8) is 0 Å². The fraction of sp³-hybridized carbons (Fsp3) is 0.296. The van der Waals surface area contributed by atoms with Crippen LogP contribution in [0, 0.1) is 11.8 Å². The van der Waals surface area contributed by atoms with E-state index < -0.39 is 64.0 Å². The van der Waals surface area contributed by atoms with Gasteiger partial charge in [0.15, 0.2) is 11.4 Å². The number of phenolic OH excluding ortho intramolecular Hbond substituents is 1. The molecule has 2 aromatic carbocycles. The molecule has 3 aliphatic rings. The number of fused-ring (bicyclic) bond motifs is 3. The number of carbonyl (C=O) groups excluding carboxylic acids is 3. The second kappa shape index (κ2) is 8.04. The summed E-state index contributed by atoms with van der Waals surface area (Å²) in [6.07, 6.45) is 0.0149. The SMILES string of the molecule is CN(C)[C@@H]1C(O)=C(C(N)=O)C(=O)[C@@]2(O)C(O)=C3C(=O)c4c(O)cccc4[C@@H](c4ccccc4)[C@H]3C[C@@H]12. The molecule has 0 fully saturated rings. The molecule has 6 N–H and O–H groups in total. The normalized spacial score (nSPS) is 29.7. The first-order valence-electron chi connectivity index (χ1n) is 11.5. The molecule has 0 spiro atoms. The summed E-state index contributed by atoms with van der Waals surface area (Å²) in [5.41, 5.74) is 3.02. The fourth-order valence-corrected chi connectivity index (χ4v) is 6.31. The zero-order valence-corrected chi connectivity index (χ0v) is 19.7. The number of aliphatic hydroxyl groups is 3. The number of primary amides is 1. The van der Waals surface area contributed by atoms with Crippen LogP contribution >= 0.6 is 0 Å². The third-order valence-corrected chi connectivity index (χ3v) is 7.77. The van der Waals surface area contributed by atoms with Gasteiger partial charge in [-0.05, 0) is 37.7 Å². The number of rotatable bonds is 3. The number of aromatic hydroxyl groups is 1. The molecule has 0 aliphatic heterocycles. The van der Waals surface area contributed by atoms with Crippen molar-refractivity contribution in [2.45, 2.75) is 24.0 Å². The van der Waals surface area contributed by atoms with Crippen molar-refractivity contribution in [2.24, 2.45) is 17.6 Å². The monoisotopic (exact) mass is 490 g/mol. The molecule has 5 rings (SSSR count). The molecule has 186 valence electrons. The minimum absolute atomic E-state index is 0.0149. The Hall–Kier alpha value is -3.95. The van der Waals surface area contributed by atoms with E-state index in [2.05, 4.69) is 0 Å². The van der Waals surface area contributed by atoms with Gasteiger partial charge >= 0.3 is 0 Å². The number of carbonyl (C=O) groups is 3. The van der Waals surface area contributed by atoms with Gasteiger partial charge in [0.1, 0.15) is 22.8 Å². The lowest BCUT2D eigenvalue weighted by molar-refractivity contribution is -0.148. The molecule has 0 radical (unpaired) electrons. The smallest absolute Gasteiger partial charge is 0.255 e. The molecule has 0 heterocycles. The van der Waals surface area contributed by atoms with Gasteiger partial charge < -0.3 is 26.2 Å². The second-order valence-corrected chi connectivity index (χ2v) is 9.80. The van der Waals surface area contributed by atoms with Crippen molar-refractivity contribution in [3.8, 4) is 5.75 Å². The number of amides is 1. The Morgan fingerprint density at radius 3 is 2.31 bits per heavy atom. The molecular weight excluding hydrogens is 464 g/mol. The maximum absolute atomic E-state index is 13.7. The average molecular weight is 491 g/mol. The predicted octanol–water partition coefficient (Wildman–Crippen LogP) is 1.71. The van der Waals surface area contributed by atoms with Crippen LogP contribution in [-0.4, -0.2) is 68.5 Å². The first-order valence-corrected chi connectivity index (χ1v) is 11.5. The highest BCUT2D eigenvalue weighted by Gasteiger charge is 2.64. The van der Waals surface area contributed by atoms with E-state index in [-0.39, 0.29) is 23.3 Å². The molecule has 0 saturated carbocycles. The summed E-state index contributed by atoms with van der Waals surface area (Å²) in [7, 11) is 3.19. The summed E-state index contributed by atoms with van der Waals surface area (Å²) in [4.78, 5) is 40.8. The van der Waals surface area contributed by atoms with Gasteiger partial charge in [0, 0.05) is 23.3 Å². The van der Waals surface area contributed by atoms with E-state index in [1.165, 1.54) is 11.0 Å². The van der Waals surface area contributed by atoms with E-state index in [0.717, 1.165) is 5.56 Å². The minimum Gasteiger partial charge on any atom is -0.510 e. The summed E-state index contributed by atoms with van der Waals surface area (Å²) in [6, 6.07) is 12.9. The van der Waals surface area contributed by atoms with Crippen LogP contribution in [0.2, 0.25) is 0 Å². The van der Waals surface area contributed by atoms with Gasteiger partial charge in [-0.25, -0.2) is 0 Å². The molecule has 9 heteroatoms. The predicted molar refractivity (Wildman–Crippen MR) is 128 cm³/mol. The standard InChI is InChI=1S/C27H26N2O7/c1-29(2)21-15-11-14-17(12-7-4-3-5-8-12)13-9-6-10-16(30)18(13)22(31)19(14)24(33)27(15,36)25(34)20(23(21)32)26(28)35/h3-10,14-15,17,21,30,32-33,36H,11H2,1-2H3,(H2,28,35)/t14-,15+,17-,21+,27+/m1/s1. The Kier molecular flexibility index (Phi) is 5.31. The number of hydrogen-bond acceptors (Lipinski definition) is 8. The van der Waals surface area contributed by atoms with Crippen LogP contribution in [-0.2, 0) is 9.59 Å². The van der Waals surface area contributed by atoms with Crippen molar-refractivity contribution in [1.29, 1.82) is 0 Å². The number of benzene rings is 2. The van der Waals surface area contributed by atoms with Gasteiger partial charge in [-0.15, -0.1) is 0 Å². The van der Waals surface area contributed by atoms with Crippen LogP contribution in [0.1, 0.15) is 33.8 Å². The van der Waals surface area contributed by atoms with E-state index in [1.807, 2.05) is 30.3 Å². The lowest BCUT2D eigenvalue weighted by Crippen LogP contribution is -2.64. The minimum atomic E-state index is -2.67. The van der Waals surface area contributed by atoms with Crippen molar-refractivity contribution in [3.05, 3.63) is 87.9 Å². The number of allylic oxidation sites excluding steroid dienone is 1. The molecule has 5 atom stereocenters. The van der Waals surface area contributed by atoms with Crippen LogP contribution < -0.4 is 5.73 Å². The van der Waals surface area contributed by atoms with Gasteiger partial charge in [-0.1, -0.05) is 42.5 Å². The molecule has 0 bridgehead atoms. The summed E-state index contributed by atoms with van der Waals surface area (Å²) in [5.74, 6) is -7.28. The fourth-order valence-electron chi connectivity index (χ4n) is 6.31. The summed E-state index contributed by atoms with van der Waals surface area (Å²) in [5, 5.41) is 44.8. The largest absolute Gasteiger partial charge is 0.510 e. The highest BCUT2D eigenvalue weighted by molar-refractivity contribution is 6.24. The number of hydrogen-bond donors (Lipinski definition) is 5. The Balaban J connectivity index is 1.82. The summed E-state index contributed by atoms with van der Waals surface area (Å²) < 4.78 is 0. The van der Waals surface area contributed by atoms with Crippen molar-refractivity contribution in [2.75, 3.05) is 14.1 Å². The van der Waals surface area contributed by atoms with Crippen LogP contribution in [0.25, 0.3) is 0 Å². The second-order valence-electron chi connectivity index (χ2n) is 9.80. The third-order valence-electron chi connectivity index (χ3n) is 7.77. The van der Waals surface area contributed by atoms with Gasteiger partial charge in [0.25, 0.3) is 5.91 Å². The lowest BCUT2D eigenvalue weighted by atomic mass is 9.55. The molecule has 1 amide bonds. The Bertz CT molecular complexity index is 1380. The van der Waals surface area contributed by atoms with Crippen molar-refractivity contribution < 1.29 is 34.8 Å². The summed E-state index contributed by atoms with van der Waals surface area (Å²) >= 11 is 0. The van der Waals surface area contributed by atoms with Crippen LogP contribution in [0.4, 0.5) is 0 Å². The van der Waals surface area contributed by atoms with Crippen molar-refractivity contribution >= 4 is 17.5 Å². The van der Waals surface area contributed by atoms with E-state index in [9.17, 15) is 34.8 Å². The zero-order chi connectivity index (χ0) is 26.1. The van der Waals surface area contributed by atoms with E-state index in [4.69, 9.17) is 5.73 Å². The molecule has 36 heavy (non-hydrogen) atoms. The Morgan fingerprint density at radius 2 is 1.69 bits per heavy atom. The first-order chi connectivity index (χ1) is 17.0. The molecule has 2 aromatic rings. The van der Waals surface area contributed by atoms with Crippen LogP contribution in [0.15, 0.2) is 71.2 Å². The average Bonchev–Trinajstić information content (AvgIpc) is 2.81. The lowest BCUT2D eigenvalue weighted by Gasteiger charge is -2.51. The van der Waals surface area contributed by atoms with Gasteiger partial charge in [-0.2, -0.15) is 0 Å². The summed E-state index contributed by atoms with van der Waals surface area (Å²) in [6.45, 7) is 0. The molecular formula is C27H26N2O7. The zero-order valence-electron chi connectivity index (χ0n) is 19.7. The molecule has 0 aromatic heterocycles. The van der Waals surface area contributed by atoms with Crippen molar-refractivity contribution in [1.82, 2.24) is 4.90 Å². The topological polar surface area (TPSA) is 161 Å². The van der Waals surface area contributed by atoms with Crippen LogP contribution in [0.5, 0.6) is 5.75 Å². The Labute approximate surface area is 206 Å². The van der Waals surface area contributed by atoms with Gasteiger partial charge in [-0.3, -0.25) is 19.3 Å². The molecule has 9 nitrogen and oxygen atoms in total. The maximum atomic E-state index is 13.7. The number of phenols is 1. The Morgan fingerprint density at radius 1 is 1.03 bits per heavy atom. The van der Waals surface area contributed by atoms with E-state index in [1.54, 1.807) is 26.2 Å². The van der Waals surface area contributed by atoms with E-state index in [0.29, 0.717) is 5.56 Å². The molecule has 0 unspecified atom stereocenters. The number of nitrogens with two attached hydrogens (primary N) is 1. The molecule has 0 saturated heterocycles. The van der Waals surface area contributed by atoms with E-state index >= 15 is 0 Å². The number of likely N-dealkylation sites (N-methyl/N-ethyl adjacent to an activating group) is 1. The number of ketones is 2. The third kappa shape index (κ3) is 2.99. The van der Waals surface area contributed by atoms with Gasteiger partial charge in [0.05, 0.1) is 11.6 Å². The quantitative estimate of drug-likeness (QED) is 0.406. The van der Waals surface area contributed by atoms with Crippen LogP contribution in [0.3, 0.4) is 0 Å². The highest BCUT2D eigenvalue weighted by Crippen LogP contribution is 2.56. The number of nitrogens with zero attached hydrogens (tertiary/aromatic N) is 1. The highest BCUT2D eigenvalue weighted by atomic mass is 16.3.